The van der Waals surface area contributed by atoms with Crippen LogP contribution >= 0.6 is 11.8 Å². The van der Waals surface area contributed by atoms with Gasteiger partial charge in [0.15, 0.2) is 0 Å². The van der Waals surface area contributed by atoms with Crippen molar-refractivity contribution in [2.75, 3.05) is 6.26 Å². The van der Waals surface area contributed by atoms with E-state index in [0.717, 1.165) is 16.5 Å². The minimum Gasteiger partial charge on any atom is -0.237 e. The van der Waals surface area contributed by atoms with Gasteiger partial charge >= 0.3 is 0 Å². The SMILES string of the molecule is C=C(SC)c1ccc(C2CCC(C)C2)n1/N=C\C. The van der Waals surface area contributed by atoms with Gasteiger partial charge in [-0.05, 0) is 44.1 Å². The molecule has 1 saturated carbocycles. The molecule has 1 heterocycles. The van der Waals surface area contributed by atoms with Crippen LogP contribution in [0, 0.1) is 5.92 Å². The van der Waals surface area contributed by atoms with Crippen LogP contribution in [0.4, 0.5) is 0 Å². The Morgan fingerprint density at radius 3 is 2.83 bits per heavy atom. The van der Waals surface area contributed by atoms with Gasteiger partial charge in [0.2, 0.25) is 0 Å². The summed E-state index contributed by atoms with van der Waals surface area (Å²) < 4.78 is 2.08. The second kappa shape index (κ2) is 5.79. The molecule has 0 aliphatic heterocycles. The first-order valence-electron chi connectivity index (χ1n) is 6.61. The van der Waals surface area contributed by atoms with Crippen molar-refractivity contribution in [3.63, 3.8) is 0 Å². The molecule has 0 saturated heterocycles. The van der Waals surface area contributed by atoms with Gasteiger partial charge in [-0.25, -0.2) is 4.68 Å². The number of nitrogens with zero attached hydrogens (tertiary/aromatic N) is 2. The van der Waals surface area contributed by atoms with E-state index < -0.39 is 0 Å². The number of hydrogen-bond acceptors (Lipinski definition) is 2. The van der Waals surface area contributed by atoms with Gasteiger partial charge in [0.05, 0.1) is 5.69 Å². The molecule has 2 atom stereocenters. The standard InChI is InChI=1S/C15H22N2S/c1-5-16-17-14(12(3)18-4)8-9-15(17)13-7-6-11(2)10-13/h5,8-9,11,13H,3,6-7,10H2,1-2,4H3/b16-5-. The molecule has 0 amide bonds. The van der Waals surface area contributed by atoms with Crippen LogP contribution in [0.3, 0.4) is 0 Å². The molecule has 0 N–H and O–H groups in total. The van der Waals surface area contributed by atoms with Gasteiger partial charge in [0, 0.05) is 22.7 Å². The molecule has 3 heteroatoms. The first kappa shape index (κ1) is 13.5. The maximum Gasteiger partial charge on any atom is 0.0779 e. The molecule has 2 nitrogen and oxygen atoms in total. The van der Waals surface area contributed by atoms with Crippen LogP contribution in [0.25, 0.3) is 4.91 Å². The summed E-state index contributed by atoms with van der Waals surface area (Å²) in [4.78, 5) is 1.08. The largest absolute Gasteiger partial charge is 0.237 e. The third-order valence-electron chi connectivity index (χ3n) is 3.76. The average molecular weight is 262 g/mol. The summed E-state index contributed by atoms with van der Waals surface area (Å²) in [5.41, 5.74) is 2.48. The summed E-state index contributed by atoms with van der Waals surface area (Å²) in [6, 6.07) is 4.39. The molecule has 0 radical (unpaired) electrons. The fourth-order valence-electron chi connectivity index (χ4n) is 2.79. The third kappa shape index (κ3) is 2.56. The second-order valence-electron chi connectivity index (χ2n) is 5.07. The molecular formula is C15H22N2S. The van der Waals surface area contributed by atoms with E-state index in [1.807, 2.05) is 13.1 Å². The van der Waals surface area contributed by atoms with E-state index in [-0.39, 0.29) is 0 Å². The molecule has 2 unspecified atom stereocenters. The molecule has 0 spiro atoms. The van der Waals surface area contributed by atoms with Crippen molar-refractivity contribution in [2.45, 2.75) is 39.0 Å². The highest BCUT2D eigenvalue weighted by atomic mass is 32.2. The molecule has 18 heavy (non-hydrogen) atoms. The summed E-state index contributed by atoms with van der Waals surface area (Å²) in [6.07, 6.45) is 7.83. The topological polar surface area (TPSA) is 17.3 Å². The lowest BCUT2D eigenvalue weighted by Crippen LogP contribution is -2.04. The van der Waals surface area contributed by atoms with Crippen LogP contribution in [0.15, 0.2) is 23.8 Å². The Morgan fingerprint density at radius 1 is 1.50 bits per heavy atom. The number of thioether (sulfide) groups is 1. The van der Waals surface area contributed by atoms with Crippen molar-refractivity contribution >= 4 is 22.9 Å². The maximum absolute atomic E-state index is 4.52. The van der Waals surface area contributed by atoms with Gasteiger partial charge < -0.3 is 0 Å². The lowest BCUT2D eigenvalue weighted by atomic mass is 10.0. The van der Waals surface area contributed by atoms with E-state index in [1.165, 1.54) is 25.0 Å². The van der Waals surface area contributed by atoms with E-state index in [1.54, 1.807) is 11.8 Å². The monoisotopic (exact) mass is 262 g/mol. The minimum atomic E-state index is 0.659. The predicted molar refractivity (Wildman–Crippen MR) is 82.3 cm³/mol. The van der Waals surface area contributed by atoms with Gasteiger partial charge in [0.25, 0.3) is 0 Å². The third-order valence-corrected chi connectivity index (χ3v) is 4.46. The van der Waals surface area contributed by atoms with Crippen LogP contribution in [0.2, 0.25) is 0 Å². The van der Waals surface area contributed by atoms with Crippen LogP contribution in [-0.2, 0) is 0 Å². The van der Waals surface area contributed by atoms with E-state index in [2.05, 4.69) is 41.7 Å². The Balaban J connectivity index is 2.36. The summed E-state index contributed by atoms with van der Waals surface area (Å²) in [7, 11) is 0. The van der Waals surface area contributed by atoms with E-state index >= 15 is 0 Å². The van der Waals surface area contributed by atoms with Crippen molar-refractivity contribution in [1.82, 2.24) is 4.68 Å². The molecule has 98 valence electrons. The smallest absolute Gasteiger partial charge is 0.0779 e. The average Bonchev–Trinajstić information content (AvgIpc) is 2.95. The fraction of sp³-hybridized carbons (Fsp3) is 0.533. The number of aromatic nitrogens is 1. The van der Waals surface area contributed by atoms with Gasteiger partial charge in [-0.2, -0.15) is 5.10 Å². The zero-order chi connectivity index (χ0) is 13.1. The summed E-state index contributed by atoms with van der Waals surface area (Å²) in [5, 5.41) is 4.52. The number of hydrogen-bond donors (Lipinski definition) is 0. The Morgan fingerprint density at radius 2 is 2.28 bits per heavy atom. The maximum atomic E-state index is 4.52. The van der Waals surface area contributed by atoms with E-state index in [9.17, 15) is 0 Å². The molecule has 1 fully saturated rings. The molecule has 2 rings (SSSR count). The molecule has 0 aromatic carbocycles. The zero-order valence-electron chi connectivity index (χ0n) is 11.5. The quantitative estimate of drug-likeness (QED) is 0.726. The zero-order valence-corrected chi connectivity index (χ0v) is 12.3. The van der Waals surface area contributed by atoms with Crippen molar-refractivity contribution in [1.29, 1.82) is 0 Å². The second-order valence-corrected chi connectivity index (χ2v) is 5.97. The molecule has 1 aromatic heterocycles. The lowest BCUT2D eigenvalue weighted by molar-refractivity contribution is 0.582. The van der Waals surface area contributed by atoms with Crippen LogP contribution < -0.4 is 0 Å². The van der Waals surface area contributed by atoms with Crippen LogP contribution in [-0.4, -0.2) is 17.1 Å². The Kier molecular flexibility index (Phi) is 4.33. The Bertz CT molecular complexity index is 459. The summed E-state index contributed by atoms with van der Waals surface area (Å²) in [5.74, 6) is 1.50. The summed E-state index contributed by atoms with van der Waals surface area (Å²) in [6.45, 7) is 8.42. The Labute approximate surface area is 114 Å². The van der Waals surface area contributed by atoms with Gasteiger partial charge in [-0.15, -0.1) is 11.8 Å². The molecule has 1 aliphatic rings. The minimum absolute atomic E-state index is 0.659. The van der Waals surface area contributed by atoms with Crippen LogP contribution in [0.1, 0.15) is 50.4 Å². The summed E-state index contributed by atoms with van der Waals surface area (Å²) >= 11 is 1.69. The first-order chi connectivity index (χ1) is 8.67. The highest BCUT2D eigenvalue weighted by Crippen LogP contribution is 2.39. The van der Waals surface area contributed by atoms with Gasteiger partial charge in [-0.3, -0.25) is 0 Å². The van der Waals surface area contributed by atoms with E-state index in [0.29, 0.717) is 5.92 Å². The van der Waals surface area contributed by atoms with Gasteiger partial charge in [0.1, 0.15) is 0 Å². The molecular weight excluding hydrogens is 240 g/mol. The molecule has 1 aliphatic carbocycles. The van der Waals surface area contributed by atoms with Crippen molar-refractivity contribution in [3.05, 3.63) is 30.1 Å². The molecule has 0 bridgehead atoms. The lowest BCUT2D eigenvalue weighted by Gasteiger charge is -2.13. The predicted octanol–water partition coefficient (Wildman–Crippen LogP) is 4.58. The highest BCUT2D eigenvalue weighted by Gasteiger charge is 2.26. The van der Waals surface area contributed by atoms with Crippen LogP contribution in [0.5, 0.6) is 0 Å². The van der Waals surface area contributed by atoms with E-state index in [4.69, 9.17) is 0 Å². The number of rotatable bonds is 4. The normalized spacial score (nSPS) is 23.9. The fourth-order valence-corrected chi connectivity index (χ4v) is 3.15. The van der Waals surface area contributed by atoms with Crippen molar-refractivity contribution in [2.24, 2.45) is 11.0 Å². The Hall–Kier alpha value is -0.960. The first-order valence-corrected chi connectivity index (χ1v) is 7.83. The molecule has 1 aromatic rings. The van der Waals surface area contributed by atoms with Gasteiger partial charge in [-0.1, -0.05) is 19.9 Å². The van der Waals surface area contributed by atoms with Crippen molar-refractivity contribution < 1.29 is 0 Å². The van der Waals surface area contributed by atoms with Crippen molar-refractivity contribution in [3.8, 4) is 0 Å². The highest BCUT2D eigenvalue weighted by molar-refractivity contribution is 8.07.